The van der Waals surface area contributed by atoms with Gasteiger partial charge in [0.1, 0.15) is 17.6 Å². The summed E-state index contributed by atoms with van der Waals surface area (Å²) in [6.07, 6.45) is 6.24. The van der Waals surface area contributed by atoms with Gasteiger partial charge in [-0.1, -0.05) is 13.0 Å². The molecule has 5 rings (SSSR count). The van der Waals surface area contributed by atoms with Gasteiger partial charge in [-0.05, 0) is 60.3 Å². The van der Waals surface area contributed by atoms with Crippen molar-refractivity contribution in [1.82, 2.24) is 14.5 Å². The van der Waals surface area contributed by atoms with Crippen LogP contribution in [0.15, 0.2) is 17.2 Å². The Labute approximate surface area is 181 Å². The lowest BCUT2D eigenvalue weighted by Crippen LogP contribution is -2.35. The van der Waals surface area contributed by atoms with Crippen molar-refractivity contribution in [3.63, 3.8) is 0 Å². The Morgan fingerprint density at radius 2 is 2.19 bits per heavy atom. The molecule has 3 N–H and O–H groups in total. The number of methoxy groups -OCH3 is 1. The number of aryl methyl sites for hydroxylation is 2. The van der Waals surface area contributed by atoms with E-state index in [0.717, 1.165) is 37.8 Å². The average molecular weight is 446 g/mol. The van der Waals surface area contributed by atoms with Gasteiger partial charge in [0.15, 0.2) is 9.92 Å². The first-order chi connectivity index (χ1) is 14.9. The van der Waals surface area contributed by atoms with Gasteiger partial charge < -0.3 is 14.8 Å². The van der Waals surface area contributed by atoms with Crippen molar-refractivity contribution in [2.45, 2.75) is 62.5 Å². The third-order valence-corrected chi connectivity index (χ3v) is 7.90. The van der Waals surface area contributed by atoms with Crippen molar-refractivity contribution < 1.29 is 18.5 Å². The topological polar surface area (TPSA) is 118 Å². The van der Waals surface area contributed by atoms with Crippen molar-refractivity contribution in [2.75, 3.05) is 19.0 Å². The molecule has 0 bridgehead atoms. The largest absolute Gasteiger partial charge is 0.474 e. The molecule has 1 aliphatic heterocycles. The standard InChI is InChI=1S/C21H27N5O4S/c1-12-6-7-14-8-13-4-3-5-16(13)19(18(12)14)24-21(27)25-31(22,28)17-9-23-26-10-15(29-2)11-30-20(17)26/h8-9,12,15H,3-7,10-11H2,1-2H3,(H3,22,24,25,27,28)/t12-,15+,31+/m1/s1. The third kappa shape index (κ3) is 3.47. The summed E-state index contributed by atoms with van der Waals surface area (Å²) in [6, 6.07) is 1.65. The van der Waals surface area contributed by atoms with E-state index in [1.165, 1.54) is 33.1 Å². The van der Waals surface area contributed by atoms with Crippen LogP contribution in [0.25, 0.3) is 0 Å². The SMILES string of the molecule is CO[C@@H]1COc2c([S@@](=N)(=O)NC(=O)Nc3c4c(cc5c3[C@H](C)CC5)CCC4)cnn2C1. The molecule has 9 nitrogen and oxygen atoms in total. The fourth-order valence-corrected chi connectivity index (χ4v) is 5.99. The van der Waals surface area contributed by atoms with Crippen molar-refractivity contribution in [1.29, 1.82) is 4.78 Å². The van der Waals surface area contributed by atoms with E-state index in [2.05, 4.69) is 28.1 Å². The summed E-state index contributed by atoms with van der Waals surface area (Å²) in [5.74, 6) is 0.602. The fraction of sp³-hybridized carbons (Fsp3) is 0.524. The van der Waals surface area contributed by atoms with Gasteiger partial charge in [0, 0.05) is 12.8 Å². The Morgan fingerprint density at radius 1 is 1.35 bits per heavy atom. The number of hydrogen-bond donors (Lipinski definition) is 3. The minimum Gasteiger partial charge on any atom is -0.474 e. The normalized spacial score (nSPS) is 23.3. The predicted octanol–water partition coefficient (Wildman–Crippen LogP) is 2.97. The van der Waals surface area contributed by atoms with E-state index in [1.54, 1.807) is 7.11 Å². The lowest BCUT2D eigenvalue weighted by molar-refractivity contribution is 0.0165. The first-order valence-corrected chi connectivity index (χ1v) is 12.2. The fourth-order valence-electron chi connectivity index (χ4n) is 4.97. The van der Waals surface area contributed by atoms with Crippen LogP contribution in [0.3, 0.4) is 0 Å². The maximum absolute atomic E-state index is 13.1. The molecule has 1 aromatic carbocycles. The van der Waals surface area contributed by atoms with E-state index < -0.39 is 15.9 Å². The first kappa shape index (κ1) is 20.3. The van der Waals surface area contributed by atoms with Crippen molar-refractivity contribution in [3.05, 3.63) is 34.5 Å². The second kappa shape index (κ2) is 7.52. The van der Waals surface area contributed by atoms with Gasteiger partial charge >= 0.3 is 6.03 Å². The Bertz CT molecular complexity index is 1160. The van der Waals surface area contributed by atoms with Gasteiger partial charge in [0.2, 0.25) is 5.88 Å². The molecule has 2 aliphatic carbocycles. The summed E-state index contributed by atoms with van der Waals surface area (Å²) >= 11 is 0. The van der Waals surface area contributed by atoms with Crippen LogP contribution in [-0.4, -0.2) is 39.8 Å². The number of hydrogen-bond acceptors (Lipinski definition) is 6. The van der Waals surface area contributed by atoms with Crippen LogP contribution in [0.1, 0.15) is 47.9 Å². The highest BCUT2D eigenvalue weighted by Gasteiger charge is 2.31. The van der Waals surface area contributed by atoms with Crippen LogP contribution in [-0.2, 0) is 40.5 Å². The number of fused-ring (bicyclic) bond motifs is 3. The number of urea groups is 1. The van der Waals surface area contributed by atoms with E-state index in [0.29, 0.717) is 12.5 Å². The molecule has 0 unspecified atom stereocenters. The number of carbonyl (C=O) groups excluding carboxylic acids is 1. The molecule has 1 aromatic heterocycles. The summed E-state index contributed by atoms with van der Waals surface area (Å²) < 4.78 is 36.3. The van der Waals surface area contributed by atoms with Crippen molar-refractivity contribution in [2.24, 2.45) is 0 Å². The molecule has 2 aromatic rings. The van der Waals surface area contributed by atoms with Crippen LogP contribution in [0.4, 0.5) is 10.5 Å². The number of anilines is 1. The van der Waals surface area contributed by atoms with Crippen molar-refractivity contribution >= 4 is 21.6 Å². The van der Waals surface area contributed by atoms with Gasteiger partial charge in [-0.3, -0.25) is 0 Å². The van der Waals surface area contributed by atoms with Crippen molar-refractivity contribution in [3.8, 4) is 5.88 Å². The van der Waals surface area contributed by atoms with Gasteiger partial charge in [0.05, 0.1) is 12.7 Å². The highest BCUT2D eigenvalue weighted by molar-refractivity contribution is 7.91. The number of carbonyl (C=O) groups is 1. The molecule has 0 saturated heterocycles. The summed E-state index contributed by atoms with van der Waals surface area (Å²) in [5, 5.41) is 7.11. The van der Waals surface area contributed by atoms with Crippen LogP contribution >= 0.6 is 0 Å². The molecule has 2 amide bonds. The number of ether oxygens (including phenoxy) is 2. The monoisotopic (exact) mass is 445 g/mol. The number of nitrogens with one attached hydrogen (secondary N) is 3. The minimum atomic E-state index is -3.65. The van der Waals surface area contributed by atoms with Gasteiger partial charge in [-0.25, -0.2) is 23.2 Å². The molecule has 10 heteroatoms. The molecular formula is C21H27N5O4S. The Balaban J connectivity index is 1.40. The van der Waals surface area contributed by atoms with Crippen LogP contribution in [0, 0.1) is 4.78 Å². The number of nitrogens with zero attached hydrogens (tertiary/aromatic N) is 2. The van der Waals surface area contributed by atoms with E-state index in [1.807, 2.05) is 0 Å². The Hall–Kier alpha value is -2.59. The molecule has 3 atom stereocenters. The Kier molecular flexibility index (Phi) is 4.93. The van der Waals surface area contributed by atoms with E-state index in [4.69, 9.17) is 14.3 Å². The molecule has 3 aliphatic rings. The highest BCUT2D eigenvalue weighted by Crippen LogP contribution is 2.43. The number of aromatic nitrogens is 2. The van der Waals surface area contributed by atoms with Gasteiger partial charge in [-0.15, -0.1) is 0 Å². The zero-order chi connectivity index (χ0) is 21.8. The van der Waals surface area contributed by atoms with Gasteiger partial charge in [0.25, 0.3) is 0 Å². The van der Waals surface area contributed by atoms with E-state index in [-0.39, 0.29) is 23.5 Å². The average Bonchev–Trinajstić information content (AvgIpc) is 3.45. The van der Waals surface area contributed by atoms with Crippen LogP contribution < -0.4 is 14.8 Å². The van der Waals surface area contributed by atoms with E-state index >= 15 is 0 Å². The molecule has 166 valence electrons. The molecule has 0 spiro atoms. The third-order valence-electron chi connectivity index (χ3n) is 6.53. The summed E-state index contributed by atoms with van der Waals surface area (Å²) in [5.41, 5.74) is 5.79. The number of rotatable bonds is 4. The van der Waals surface area contributed by atoms with Crippen LogP contribution in [0.5, 0.6) is 5.88 Å². The molecule has 31 heavy (non-hydrogen) atoms. The summed E-state index contributed by atoms with van der Waals surface area (Å²) in [4.78, 5) is 13.0. The molecule has 0 saturated carbocycles. The summed E-state index contributed by atoms with van der Waals surface area (Å²) in [7, 11) is -2.07. The second-order valence-electron chi connectivity index (χ2n) is 8.53. The Morgan fingerprint density at radius 3 is 3.00 bits per heavy atom. The second-order valence-corrected chi connectivity index (χ2v) is 10.3. The quantitative estimate of drug-likeness (QED) is 0.669. The number of amides is 2. The maximum atomic E-state index is 13.1. The maximum Gasteiger partial charge on any atom is 0.331 e. The summed E-state index contributed by atoms with van der Waals surface area (Å²) in [6.45, 7) is 2.89. The molecule has 0 radical (unpaired) electrons. The molecular weight excluding hydrogens is 418 g/mol. The van der Waals surface area contributed by atoms with Crippen LogP contribution in [0.2, 0.25) is 0 Å². The first-order valence-electron chi connectivity index (χ1n) is 10.6. The zero-order valence-electron chi connectivity index (χ0n) is 17.7. The minimum absolute atomic E-state index is 0.0640. The highest BCUT2D eigenvalue weighted by atomic mass is 32.2. The zero-order valence-corrected chi connectivity index (χ0v) is 18.5. The van der Waals surface area contributed by atoms with E-state index in [9.17, 15) is 9.00 Å². The molecule has 2 heterocycles. The molecule has 0 fully saturated rings. The lowest BCUT2D eigenvalue weighted by Gasteiger charge is -2.23. The smallest absolute Gasteiger partial charge is 0.331 e. The van der Waals surface area contributed by atoms with Gasteiger partial charge in [-0.2, -0.15) is 5.10 Å². The number of benzene rings is 1. The predicted molar refractivity (Wildman–Crippen MR) is 115 cm³/mol. The lowest BCUT2D eigenvalue weighted by atomic mass is 9.95.